The smallest absolute Gasteiger partial charge is 0.223 e. The van der Waals surface area contributed by atoms with Gasteiger partial charge < -0.3 is 9.80 Å². The van der Waals surface area contributed by atoms with Crippen molar-refractivity contribution < 1.29 is 4.79 Å². The molecule has 1 aromatic rings. The standard InChI is InChI=1S/C23H34N4O/c1-16-24-11-10-22(25-16)26-14-18-13-19(15-26)21(12-17-6-3-2-4-7-17)27-20(18)8-5-9-23(27)28/h10-11,17-21H,2-9,12-15H2,1H3/t18-,19+,20+,21+/m1/s1. The van der Waals surface area contributed by atoms with Gasteiger partial charge in [-0.25, -0.2) is 9.97 Å². The van der Waals surface area contributed by atoms with Gasteiger partial charge in [0, 0.05) is 37.8 Å². The molecule has 4 fully saturated rings. The molecule has 4 atom stereocenters. The quantitative estimate of drug-likeness (QED) is 0.794. The first kappa shape index (κ1) is 18.4. The van der Waals surface area contributed by atoms with E-state index in [0.29, 0.717) is 29.8 Å². The molecule has 0 N–H and O–H groups in total. The lowest BCUT2D eigenvalue weighted by atomic mass is 9.69. The summed E-state index contributed by atoms with van der Waals surface area (Å²) in [7, 11) is 0. The molecule has 1 aromatic heterocycles. The van der Waals surface area contributed by atoms with Crippen LogP contribution in [-0.2, 0) is 4.79 Å². The zero-order valence-corrected chi connectivity index (χ0v) is 17.2. The van der Waals surface area contributed by atoms with E-state index in [1.807, 2.05) is 13.1 Å². The molecular weight excluding hydrogens is 348 g/mol. The average Bonchev–Trinajstić information content (AvgIpc) is 2.72. The summed E-state index contributed by atoms with van der Waals surface area (Å²) in [6.07, 6.45) is 14.4. The molecule has 152 valence electrons. The van der Waals surface area contributed by atoms with Crippen LogP contribution in [0.3, 0.4) is 0 Å². The predicted octanol–water partition coefficient (Wildman–Crippen LogP) is 3.96. The summed E-state index contributed by atoms with van der Waals surface area (Å²) >= 11 is 0. The third-order valence-corrected chi connectivity index (χ3v) is 7.88. The highest BCUT2D eigenvalue weighted by Gasteiger charge is 2.49. The highest BCUT2D eigenvalue weighted by molar-refractivity contribution is 5.78. The lowest BCUT2D eigenvalue weighted by Crippen LogP contribution is -2.65. The van der Waals surface area contributed by atoms with Gasteiger partial charge in [-0.3, -0.25) is 4.79 Å². The van der Waals surface area contributed by atoms with Crippen molar-refractivity contribution in [3.05, 3.63) is 18.1 Å². The van der Waals surface area contributed by atoms with Crippen molar-refractivity contribution in [3.8, 4) is 0 Å². The molecular formula is C23H34N4O. The Bertz CT molecular complexity index is 716. The van der Waals surface area contributed by atoms with Gasteiger partial charge in [-0.15, -0.1) is 0 Å². The molecule has 3 aliphatic heterocycles. The predicted molar refractivity (Wildman–Crippen MR) is 110 cm³/mol. The maximum absolute atomic E-state index is 13.0. The summed E-state index contributed by atoms with van der Waals surface area (Å²) in [5.74, 6) is 4.38. The number of carbonyl (C=O) groups excluding carboxylic acids is 1. The maximum Gasteiger partial charge on any atom is 0.223 e. The number of aromatic nitrogens is 2. The molecule has 1 saturated carbocycles. The lowest BCUT2D eigenvalue weighted by molar-refractivity contribution is -0.149. The van der Waals surface area contributed by atoms with E-state index in [4.69, 9.17) is 4.98 Å². The highest BCUT2D eigenvalue weighted by atomic mass is 16.2. The van der Waals surface area contributed by atoms with Gasteiger partial charge in [0.15, 0.2) is 0 Å². The lowest BCUT2D eigenvalue weighted by Gasteiger charge is -2.57. The molecule has 0 unspecified atom stereocenters. The normalized spacial score (nSPS) is 33.7. The average molecular weight is 383 g/mol. The van der Waals surface area contributed by atoms with Gasteiger partial charge in [0.25, 0.3) is 0 Å². The number of carbonyl (C=O) groups is 1. The Morgan fingerprint density at radius 3 is 2.71 bits per heavy atom. The number of anilines is 1. The summed E-state index contributed by atoms with van der Waals surface area (Å²) in [5, 5.41) is 0. The van der Waals surface area contributed by atoms with Crippen molar-refractivity contribution in [1.82, 2.24) is 14.9 Å². The van der Waals surface area contributed by atoms with Crippen molar-refractivity contribution in [1.29, 1.82) is 0 Å². The summed E-state index contributed by atoms with van der Waals surface area (Å²) in [6, 6.07) is 2.97. The van der Waals surface area contributed by atoms with E-state index < -0.39 is 0 Å². The minimum atomic E-state index is 0.443. The van der Waals surface area contributed by atoms with Crippen LogP contribution in [0.15, 0.2) is 12.3 Å². The second kappa shape index (κ2) is 7.64. The topological polar surface area (TPSA) is 49.3 Å². The minimum Gasteiger partial charge on any atom is -0.356 e. The Balaban J connectivity index is 1.42. The minimum absolute atomic E-state index is 0.443. The van der Waals surface area contributed by atoms with Crippen LogP contribution in [0.5, 0.6) is 0 Å². The molecule has 2 bridgehead atoms. The van der Waals surface area contributed by atoms with Gasteiger partial charge in [-0.2, -0.15) is 0 Å². The molecule has 1 aliphatic carbocycles. The fraction of sp³-hybridized carbons (Fsp3) is 0.783. The van der Waals surface area contributed by atoms with E-state index in [9.17, 15) is 4.79 Å². The van der Waals surface area contributed by atoms with Gasteiger partial charge >= 0.3 is 0 Å². The molecule has 5 heteroatoms. The largest absolute Gasteiger partial charge is 0.356 e. The number of hydrogen-bond acceptors (Lipinski definition) is 4. The third kappa shape index (κ3) is 3.42. The van der Waals surface area contributed by atoms with Crippen molar-refractivity contribution in [2.45, 2.75) is 83.2 Å². The number of aryl methyl sites for hydroxylation is 1. The highest BCUT2D eigenvalue weighted by Crippen LogP contribution is 2.45. The number of rotatable bonds is 3. The number of amides is 1. The molecule has 4 heterocycles. The van der Waals surface area contributed by atoms with Crippen LogP contribution in [0.2, 0.25) is 0 Å². The van der Waals surface area contributed by atoms with E-state index in [1.54, 1.807) is 0 Å². The molecule has 1 amide bonds. The van der Waals surface area contributed by atoms with Crippen LogP contribution in [0.4, 0.5) is 5.82 Å². The van der Waals surface area contributed by atoms with Crippen LogP contribution < -0.4 is 4.90 Å². The summed E-state index contributed by atoms with van der Waals surface area (Å²) in [5.41, 5.74) is 0. The zero-order valence-electron chi connectivity index (χ0n) is 17.2. The van der Waals surface area contributed by atoms with E-state index in [1.165, 1.54) is 51.4 Å². The zero-order chi connectivity index (χ0) is 19.1. The van der Waals surface area contributed by atoms with Crippen LogP contribution in [0.25, 0.3) is 0 Å². The van der Waals surface area contributed by atoms with Crippen LogP contribution >= 0.6 is 0 Å². The number of hydrogen-bond donors (Lipinski definition) is 0. The molecule has 5 nitrogen and oxygen atoms in total. The molecule has 5 rings (SSSR count). The first-order valence-electron chi connectivity index (χ1n) is 11.5. The summed E-state index contributed by atoms with van der Waals surface area (Å²) in [4.78, 5) is 26.9. The van der Waals surface area contributed by atoms with Gasteiger partial charge in [0.05, 0.1) is 0 Å². The molecule has 28 heavy (non-hydrogen) atoms. The van der Waals surface area contributed by atoms with Gasteiger partial charge in [0.1, 0.15) is 11.6 Å². The maximum atomic E-state index is 13.0. The molecule has 3 saturated heterocycles. The summed E-state index contributed by atoms with van der Waals surface area (Å²) < 4.78 is 0. The van der Waals surface area contributed by atoms with Crippen molar-refractivity contribution >= 4 is 11.7 Å². The van der Waals surface area contributed by atoms with Crippen LogP contribution in [0.1, 0.15) is 70.0 Å². The van der Waals surface area contributed by atoms with Gasteiger partial charge in [0.2, 0.25) is 5.91 Å². The molecule has 4 aliphatic rings. The number of piperidine rings is 3. The van der Waals surface area contributed by atoms with Crippen LogP contribution in [0, 0.1) is 24.7 Å². The monoisotopic (exact) mass is 382 g/mol. The van der Waals surface area contributed by atoms with Crippen molar-refractivity contribution in [2.75, 3.05) is 18.0 Å². The number of fused-ring (bicyclic) bond motifs is 4. The molecule has 0 aromatic carbocycles. The Labute approximate surface area is 168 Å². The molecule has 0 spiro atoms. The fourth-order valence-electron chi connectivity index (χ4n) is 6.65. The Hall–Kier alpha value is -1.65. The van der Waals surface area contributed by atoms with Crippen molar-refractivity contribution in [2.24, 2.45) is 17.8 Å². The Morgan fingerprint density at radius 2 is 1.89 bits per heavy atom. The second-order valence-corrected chi connectivity index (χ2v) is 9.69. The van der Waals surface area contributed by atoms with Gasteiger partial charge in [-0.05, 0) is 56.4 Å². The SMILES string of the molecule is Cc1nccc(N2C[C@H]3C[C@@H](C2)[C@H](CC2CCCCC2)N2C(=O)CCC[C@@H]32)n1. The summed E-state index contributed by atoms with van der Waals surface area (Å²) in [6.45, 7) is 4.06. The van der Waals surface area contributed by atoms with Crippen LogP contribution in [-0.4, -0.2) is 45.9 Å². The fourth-order valence-corrected chi connectivity index (χ4v) is 6.65. The van der Waals surface area contributed by atoms with E-state index in [-0.39, 0.29) is 0 Å². The first-order chi connectivity index (χ1) is 13.7. The van der Waals surface area contributed by atoms with Crippen molar-refractivity contribution in [3.63, 3.8) is 0 Å². The molecule has 0 radical (unpaired) electrons. The third-order valence-electron chi connectivity index (χ3n) is 7.88. The van der Waals surface area contributed by atoms with E-state index >= 15 is 0 Å². The Kier molecular flexibility index (Phi) is 5.02. The Morgan fingerprint density at radius 1 is 1.07 bits per heavy atom. The van der Waals surface area contributed by atoms with E-state index in [0.717, 1.165) is 43.5 Å². The van der Waals surface area contributed by atoms with E-state index in [2.05, 4.69) is 20.9 Å². The second-order valence-electron chi connectivity index (χ2n) is 9.69. The first-order valence-corrected chi connectivity index (χ1v) is 11.5. The number of nitrogens with zero attached hydrogens (tertiary/aromatic N) is 4. The van der Waals surface area contributed by atoms with Gasteiger partial charge in [-0.1, -0.05) is 32.1 Å².